The lowest BCUT2D eigenvalue weighted by molar-refractivity contribution is 0.0948. The first kappa shape index (κ1) is 14.0. The molecule has 0 atom stereocenters. The summed E-state index contributed by atoms with van der Waals surface area (Å²) in [5.74, 6) is 0.0967. The van der Waals surface area contributed by atoms with Crippen LogP contribution in [0.1, 0.15) is 33.0 Å². The average molecular weight is 271 g/mol. The van der Waals surface area contributed by atoms with Crippen molar-refractivity contribution in [3.05, 3.63) is 62.8 Å². The molecule has 0 bridgehead atoms. The molecule has 1 aromatic heterocycles. The number of H-pyrrole nitrogens is 1. The second-order valence-corrected chi connectivity index (χ2v) is 4.78. The monoisotopic (exact) mass is 271 g/mol. The molecule has 0 unspecified atom stereocenters. The number of aromatic nitrogens is 2. The summed E-state index contributed by atoms with van der Waals surface area (Å²) in [6.45, 7) is 5.72. The minimum atomic E-state index is -0.406. The molecule has 0 spiro atoms. The van der Waals surface area contributed by atoms with E-state index < -0.39 is 11.5 Å². The van der Waals surface area contributed by atoms with Gasteiger partial charge in [-0.25, -0.2) is 4.98 Å². The van der Waals surface area contributed by atoms with Gasteiger partial charge in [-0.2, -0.15) is 0 Å². The molecular weight excluding hydrogens is 254 g/mol. The fourth-order valence-electron chi connectivity index (χ4n) is 1.97. The predicted octanol–water partition coefficient (Wildman–Crippen LogP) is 1.63. The van der Waals surface area contributed by atoms with E-state index in [1.165, 1.54) is 0 Å². The number of carbonyl (C=O) groups excluding carboxylic acids is 1. The summed E-state index contributed by atoms with van der Waals surface area (Å²) in [6, 6.07) is 7.85. The number of nitrogens with zero attached hydrogens (tertiary/aromatic N) is 1. The molecule has 1 amide bonds. The number of hydrogen-bond donors (Lipinski definition) is 2. The predicted molar refractivity (Wildman–Crippen MR) is 76.7 cm³/mol. The van der Waals surface area contributed by atoms with Crippen molar-refractivity contribution in [2.24, 2.45) is 0 Å². The standard InChI is InChI=1S/C15H17N3O2/c1-9-4-6-12(7-5-9)8-16-14(19)13-10(2)17-11(3)18-15(13)20/h4-7H,8H2,1-3H3,(H,16,19)(H,17,18,20). The van der Waals surface area contributed by atoms with Crippen LogP contribution in [0.5, 0.6) is 0 Å². The van der Waals surface area contributed by atoms with Crippen LogP contribution in [0.2, 0.25) is 0 Å². The quantitative estimate of drug-likeness (QED) is 0.891. The Morgan fingerprint density at radius 3 is 2.45 bits per heavy atom. The van der Waals surface area contributed by atoms with Crippen molar-refractivity contribution in [2.75, 3.05) is 0 Å². The zero-order chi connectivity index (χ0) is 14.7. The van der Waals surface area contributed by atoms with Crippen LogP contribution in [0.4, 0.5) is 0 Å². The summed E-state index contributed by atoms with van der Waals surface area (Å²) in [4.78, 5) is 30.5. The molecule has 2 aromatic rings. The topological polar surface area (TPSA) is 74.8 Å². The number of hydrogen-bond acceptors (Lipinski definition) is 3. The number of carbonyl (C=O) groups is 1. The van der Waals surface area contributed by atoms with Gasteiger partial charge in [0.2, 0.25) is 0 Å². The number of aryl methyl sites for hydroxylation is 3. The molecular formula is C15H17N3O2. The van der Waals surface area contributed by atoms with Gasteiger partial charge in [-0.1, -0.05) is 29.8 Å². The molecule has 2 rings (SSSR count). The van der Waals surface area contributed by atoms with Gasteiger partial charge < -0.3 is 10.3 Å². The summed E-state index contributed by atoms with van der Waals surface area (Å²) in [5.41, 5.74) is 2.25. The van der Waals surface area contributed by atoms with E-state index in [0.29, 0.717) is 18.1 Å². The third-order valence-corrected chi connectivity index (χ3v) is 3.02. The normalized spacial score (nSPS) is 10.3. The SMILES string of the molecule is Cc1ccc(CNC(=O)c2c(C)nc(C)[nH]c2=O)cc1. The Labute approximate surface area is 117 Å². The Kier molecular flexibility index (Phi) is 3.98. The minimum absolute atomic E-state index is 0.0720. The molecule has 0 aliphatic heterocycles. The molecule has 20 heavy (non-hydrogen) atoms. The molecule has 0 radical (unpaired) electrons. The highest BCUT2D eigenvalue weighted by Crippen LogP contribution is 2.04. The van der Waals surface area contributed by atoms with E-state index in [1.54, 1.807) is 13.8 Å². The first-order valence-corrected chi connectivity index (χ1v) is 6.38. The molecule has 104 valence electrons. The van der Waals surface area contributed by atoms with Crippen LogP contribution in [-0.2, 0) is 6.54 Å². The molecule has 1 aromatic carbocycles. The van der Waals surface area contributed by atoms with Crippen molar-refractivity contribution >= 4 is 5.91 Å². The van der Waals surface area contributed by atoms with Gasteiger partial charge in [0, 0.05) is 6.54 Å². The third kappa shape index (κ3) is 3.12. The van der Waals surface area contributed by atoms with Gasteiger partial charge >= 0.3 is 0 Å². The molecule has 2 N–H and O–H groups in total. The minimum Gasteiger partial charge on any atom is -0.348 e. The molecule has 1 heterocycles. The third-order valence-electron chi connectivity index (χ3n) is 3.02. The van der Waals surface area contributed by atoms with E-state index in [0.717, 1.165) is 11.1 Å². The van der Waals surface area contributed by atoms with Crippen LogP contribution < -0.4 is 10.9 Å². The molecule has 0 saturated heterocycles. The summed E-state index contributed by atoms with van der Waals surface area (Å²) < 4.78 is 0. The lowest BCUT2D eigenvalue weighted by Gasteiger charge is -2.07. The maximum absolute atomic E-state index is 12.1. The van der Waals surface area contributed by atoms with Crippen LogP contribution in [-0.4, -0.2) is 15.9 Å². The molecule has 5 nitrogen and oxygen atoms in total. The smallest absolute Gasteiger partial charge is 0.264 e. The summed E-state index contributed by atoms with van der Waals surface area (Å²) in [5, 5.41) is 2.74. The van der Waals surface area contributed by atoms with Crippen molar-refractivity contribution < 1.29 is 4.79 Å². The Morgan fingerprint density at radius 1 is 1.20 bits per heavy atom. The molecule has 0 fully saturated rings. The number of rotatable bonds is 3. The number of nitrogens with one attached hydrogen (secondary N) is 2. The van der Waals surface area contributed by atoms with Crippen molar-refractivity contribution in [1.29, 1.82) is 0 Å². The van der Waals surface area contributed by atoms with Gasteiger partial charge in [-0.3, -0.25) is 9.59 Å². The highest BCUT2D eigenvalue weighted by Gasteiger charge is 2.15. The fourth-order valence-corrected chi connectivity index (χ4v) is 1.97. The highest BCUT2D eigenvalue weighted by atomic mass is 16.2. The first-order valence-electron chi connectivity index (χ1n) is 6.38. The van der Waals surface area contributed by atoms with Gasteiger partial charge in [-0.05, 0) is 26.3 Å². The largest absolute Gasteiger partial charge is 0.348 e. The first-order chi connectivity index (χ1) is 9.47. The summed E-state index contributed by atoms with van der Waals surface area (Å²) >= 11 is 0. The Balaban J connectivity index is 2.13. The van der Waals surface area contributed by atoms with Gasteiger partial charge in [0.15, 0.2) is 0 Å². The molecule has 0 saturated carbocycles. The van der Waals surface area contributed by atoms with Crippen molar-refractivity contribution in [2.45, 2.75) is 27.3 Å². The Hall–Kier alpha value is -2.43. The van der Waals surface area contributed by atoms with Crippen LogP contribution in [0.3, 0.4) is 0 Å². The maximum Gasteiger partial charge on any atom is 0.264 e. The van der Waals surface area contributed by atoms with Gasteiger partial charge in [0.05, 0.1) is 5.69 Å². The average Bonchev–Trinajstić information content (AvgIpc) is 2.37. The van der Waals surface area contributed by atoms with E-state index >= 15 is 0 Å². The summed E-state index contributed by atoms with van der Waals surface area (Å²) in [7, 11) is 0. The van der Waals surface area contributed by atoms with Crippen LogP contribution in [0.25, 0.3) is 0 Å². The van der Waals surface area contributed by atoms with E-state index in [1.807, 2.05) is 31.2 Å². The van der Waals surface area contributed by atoms with Gasteiger partial charge in [0.1, 0.15) is 11.4 Å². The summed E-state index contributed by atoms with van der Waals surface area (Å²) in [6.07, 6.45) is 0. The van der Waals surface area contributed by atoms with Crippen molar-refractivity contribution in [1.82, 2.24) is 15.3 Å². The van der Waals surface area contributed by atoms with E-state index in [9.17, 15) is 9.59 Å². The molecule has 0 aliphatic carbocycles. The molecule has 0 aliphatic rings. The second-order valence-electron chi connectivity index (χ2n) is 4.78. The molecule has 5 heteroatoms. The zero-order valence-corrected chi connectivity index (χ0v) is 11.8. The maximum atomic E-state index is 12.1. The lowest BCUT2D eigenvalue weighted by atomic mass is 10.1. The number of amides is 1. The van der Waals surface area contributed by atoms with Crippen LogP contribution >= 0.6 is 0 Å². The number of aromatic amines is 1. The second kappa shape index (κ2) is 5.69. The Bertz CT molecular complexity index is 687. The highest BCUT2D eigenvalue weighted by molar-refractivity contribution is 5.94. The number of benzene rings is 1. The fraction of sp³-hybridized carbons (Fsp3) is 0.267. The zero-order valence-electron chi connectivity index (χ0n) is 11.8. The van der Waals surface area contributed by atoms with Crippen molar-refractivity contribution in [3.8, 4) is 0 Å². The lowest BCUT2D eigenvalue weighted by Crippen LogP contribution is -2.31. The Morgan fingerprint density at radius 2 is 1.85 bits per heavy atom. The van der Waals surface area contributed by atoms with Gasteiger partial charge in [0.25, 0.3) is 11.5 Å². The van der Waals surface area contributed by atoms with Crippen LogP contribution in [0, 0.1) is 20.8 Å². The van der Waals surface area contributed by atoms with E-state index in [-0.39, 0.29) is 5.56 Å². The van der Waals surface area contributed by atoms with E-state index in [2.05, 4.69) is 15.3 Å². The van der Waals surface area contributed by atoms with E-state index in [4.69, 9.17) is 0 Å². The van der Waals surface area contributed by atoms with Gasteiger partial charge in [-0.15, -0.1) is 0 Å². The van der Waals surface area contributed by atoms with Crippen molar-refractivity contribution in [3.63, 3.8) is 0 Å². The van der Waals surface area contributed by atoms with Crippen LogP contribution in [0.15, 0.2) is 29.1 Å².